The van der Waals surface area contributed by atoms with E-state index < -0.39 is 0 Å². The molecule has 0 aromatic heterocycles. The summed E-state index contributed by atoms with van der Waals surface area (Å²) in [5.41, 5.74) is 1.11. The molecule has 1 aromatic rings. The third kappa shape index (κ3) is 4.12. The van der Waals surface area contributed by atoms with Gasteiger partial charge in [0.25, 0.3) is 0 Å². The third-order valence-electron chi connectivity index (χ3n) is 2.43. The number of rotatable bonds is 4. The maximum absolute atomic E-state index is 12.8. The second-order valence-corrected chi connectivity index (χ2v) is 5.45. The normalized spacial score (nSPS) is 13.2. The van der Waals surface area contributed by atoms with Gasteiger partial charge in [-0.05, 0) is 36.5 Å². The van der Waals surface area contributed by atoms with Crippen molar-refractivity contribution in [3.05, 3.63) is 34.1 Å². The topological polar surface area (TPSA) is 0 Å². The summed E-state index contributed by atoms with van der Waals surface area (Å²) in [4.78, 5) is 0. The second kappa shape index (κ2) is 5.86. The van der Waals surface area contributed by atoms with E-state index in [9.17, 15) is 4.39 Å². The van der Waals surface area contributed by atoms with E-state index in [4.69, 9.17) is 11.6 Å². The number of hydrogen-bond donors (Lipinski definition) is 0. The van der Waals surface area contributed by atoms with Crippen molar-refractivity contribution in [2.45, 2.75) is 32.1 Å². The van der Waals surface area contributed by atoms with E-state index in [1.54, 1.807) is 0 Å². The Morgan fingerprint density at radius 1 is 1.40 bits per heavy atom. The Kier molecular flexibility index (Phi) is 5.07. The van der Waals surface area contributed by atoms with Crippen molar-refractivity contribution in [2.24, 2.45) is 5.92 Å². The summed E-state index contributed by atoms with van der Waals surface area (Å²) in [7, 11) is 0. The van der Waals surface area contributed by atoms with E-state index in [0.717, 1.165) is 22.9 Å². The molecule has 0 N–H and O–H groups in total. The molecule has 15 heavy (non-hydrogen) atoms. The van der Waals surface area contributed by atoms with Crippen LogP contribution in [0.1, 0.15) is 25.8 Å². The number of aryl methyl sites for hydroxylation is 1. The first-order chi connectivity index (χ1) is 7.00. The van der Waals surface area contributed by atoms with Gasteiger partial charge < -0.3 is 0 Å². The smallest absolute Gasteiger partial charge is 0.124 e. The lowest BCUT2D eigenvalue weighted by molar-refractivity contribution is 0.564. The van der Waals surface area contributed by atoms with E-state index >= 15 is 0 Å². The molecule has 1 unspecified atom stereocenters. The monoisotopic (exact) mass is 292 g/mol. The molecule has 1 rings (SSSR count). The van der Waals surface area contributed by atoms with Crippen molar-refractivity contribution in [3.63, 3.8) is 0 Å². The lowest BCUT2D eigenvalue weighted by Gasteiger charge is -2.13. The Morgan fingerprint density at radius 3 is 2.60 bits per heavy atom. The van der Waals surface area contributed by atoms with Crippen molar-refractivity contribution in [3.8, 4) is 0 Å². The molecule has 3 heteroatoms. The quantitative estimate of drug-likeness (QED) is 0.701. The largest absolute Gasteiger partial charge is 0.207 e. The summed E-state index contributed by atoms with van der Waals surface area (Å²) in [6.07, 6.45) is 1.80. The summed E-state index contributed by atoms with van der Waals surface area (Å²) >= 11 is 9.51. The molecule has 0 nitrogen and oxygen atoms in total. The van der Waals surface area contributed by atoms with Gasteiger partial charge in [0.05, 0.1) is 0 Å². The number of alkyl halides is 1. The molecule has 0 aliphatic carbocycles. The summed E-state index contributed by atoms with van der Waals surface area (Å²) < 4.78 is 13.6. The van der Waals surface area contributed by atoms with E-state index in [1.165, 1.54) is 12.1 Å². The Bertz CT molecular complexity index is 325. The van der Waals surface area contributed by atoms with Gasteiger partial charge in [-0.2, -0.15) is 0 Å². The Labute approximate surface area is 104 Å². The highest BCUT2D eigenvalue weighted by atomic mass is 79.9. The van der Waals surface area contributed by atoms with Crippen LogP contribution in [-0.2, 0) is 6.42 Å². The van der Waals surface area contributed by atoms with Crippen molar-refractivity contribution in [1.82, 2.24) is 0 Å². The first-order valence-electron chi connectivity index (χ1n) is 5.08. The van der Waals surface area contributed by atoms with Crippen molar-refractivity contribution in [2.75, 3.05) is 0 Å². The van der Waals surface area contributed by atoms with Crippen molar-refractivity contribution in [1.29, 1.82) is 0 Å². The van der Waals surface area contributed by atoms with Gasteiger partial charge in [0.15, 0.2) is 0 Å². The zero-order chi connectivity index (χ0) is 11.4. The van der Waals surface area contributed by atoms with Crippen LogP contribution in [0, 0.1) is 11.7 Å². The van der Waals surface area contributed by atoms with Gasteiger partial charge in [0.1, 0.15) is 5.82 Å². The van der Waals surface area contributed by atoms with Crippen LogP contribution in [0.2, 0.25) is 0 Å². The van der Waals surface area contributed by atoms with Gasteiger partial charge >= 0.3 is 0 Å². The fourth-order valence-corrected chi connectivity index (χ4v) is 2.01. The highest BCUT2D eigenvalue weighted by Crippen LogP contribution is 2.22. The molecule has 0 amide bonds. The molecule has 0 heterocycles. The molecular formula is C12H15BrClF. The van der Waals surface area contributed by atoms with Gasteiger partial charge in [0.2, 0.25) is 0 Å². The van der Waals surface area contributed by atoms with E-state index in [0.29, 0.717) is 5.92 Å². The lowest BCUT2D eigenvalue weighted by atomic mass is 10.0. The number of halogens is 3. The number of benzene rings is 1. The standard InChI is InChI=1S/C12H15BrClF/c1-8(2)12(14)6-4-9-3-5-10(15)7-11(9)13/h3,5,7-8,12H,4,6H2,1-2H3. The minimum atomic E-state index is -0.211. The van der Waals surface area contributed by atoms with Crippen molar-refractivity contribution < 1.29 is 4.39 Å². The summed E-state index contributed by atoms with van der Waals surface area (Å²) in [5.74, 6) is 0.266. The van der Waals surface area contributed by atoms with Crippen LogP contribution < -0.4 is 0 Å². The van der Waals surface area contributed by atoms with E-state index in [2.05, 4.69) is 29.8 Å². The summed E-state index contributed by atoms with van der Waals surface area (Å²) in [6, 6.07) is 4.79. The molecule has 0 saturated carbocycles. The van der Waals surface area contributed by atoms with E-state index in [-0.39, 0.29) is 11.2 Å². The average molecular weight is 294 g/mol. The molecule has 0 fully saturated rings. The average Bonchev–Trinajstić information content (AvgIpc) is 2.15. The highest BCUT2D eigenvalue weighted by Gasteiger charge is 2.10. The Balaban J connectivity index is 2.58. The highest BCUT2D eigenvalue weighted by molar-refractivity contribution is 9.10. The second-order valence-electron chi connectivity index (χ2n) is 4.03. The Hall–Kier alpha value is -0.0800. The minimum Gasteiger partial charge on any atom is -0.207 e. The van der Waals surface area contributed by atoms with Crippen molar-refractivity contribution >= 4 is 27.5 Å². The fraction of sp³-hybridized carbons (Fsp3) is 0.500. The molecular weight excluding hydrogens is 278 g/mol. The summed E-state index contributed by atoms with van der Waals surface area (Å²) in [5, 5.41) is 0.182. The maximum atomic E-state index is 12.8. The van der Waals surface area contributed by atoms with Gasteiger partial charge in [-0.25, -0.2) is 4.39 Å². The molecule has 1 atom stereocenters. The Morgan fingerprint density at radius 2 is 2.07 bits per heavy atom. The molecule has 0 bridgehead atoms. The van der Waals surface area contributed by atoms with Gasteiger partial charge in [0, 0.05) is 9.85 Å². The molecule has 84 valence electrons. The first kappa shape index (κ1) is 13.0. The van der Waals surface area contributed by atoms with Crippen LogP contribution in [0.15, 0.2) is 22.7 Å². The lowest BCUT2D eigenvalue weighted by Crippen LogP contribution is -2.08. The number of hydrogen-bond acceptors (Lipinski definition) is 0. The zero-order valence-corrected chi connectivity index (χ0v) is 11.3. The maximum Gasteiger partial charge on any atom is 0.124 e. The van der Waals surface area contributed by atoms with Gasteiger partial charge in [-0.3, -0.25) is 0 Å². The molecule has 0 aliphatic heterocycles. The molecule has 0 saturated heterocycles. The zero-order valence-electron chi connectivity index (χ0n) is 8.93. The fourth-order valence-electron chi connectivity index (χ4n) is 1.35. The van der Waals surface area contributed by atoms with Crippen LogP contribution in [-0.4, -0.2) is 5.38 Å². The molecule has 1 aromatic carbocycles. The van der Waals surface area contributed by atoms with Crippen LogP contribution >= 0.6 is 27.5 Å². The molecule has 0 aliphatic rings. The van der Waals surface area contributed by atoms with E-state index in [1.807, 2.05) is 6.07 Å². The predicted molar refractivity (Wildman–Crippen MR) is 66.9 cm³/mol. The minimum absolute atomic E-state index is 0.182. The predicted octanol–water partition coefficient (Wildman–Crippen LogP) is 4.78. The molecule has 0 spiro atoms. The van der Waals surface area contributed by atoms with Crippen LogP contribution in [0.25, 0.3) is 0 Å². The van der Waals surface area contributed by atoms with Crippen LogP contribution in [0.5, 0.6) is 0 Å². The van der Waals surface area contributed by atoms with Gasteiger partial charge in [-0.1, -0.05) is 35.8 Å². The van der Waals surface area contributed by atoms with Crippen LogP contribution in [0.4, 0.5) is 4.39 Å². The third-order valence-corrected chi connectivity index (χ3v) is 3.89. The SMILES string of the molecule is CC(C)C(Cl)CCc1ccc(F)cc1Br. The molecule has 0 radical (unpaired) electrons. The summed E-state index contributed by atoms with van der Waals surface area (Å²) in [6.45, 7) is 4.22. The first-order valence-corrected chi connectivity index (χ1v) is 6.31. The van der Waals surface area contributed by atoms with Crippen LogP contribution in [0.3, 0.4) is 0 Å². The van der Waals surface area contributed by atoms with Gasteiger partial charge in [-0.15, -0.1) is 11.6 Å².